The fourth-order valence-corrected chi connectivity index (χ4v) is 3.42. The van der Waals surface area contributed by atoms with E-state index in [4.69, 9.17) is 4.99 Å². The molecule has 1 saturated heterocycles. The van der Waals surface area contributed by atoms with E-state index in [1.54, 1.807) is 12.7 Å². The molecule has 1 aromatic carbocycles. The van der Waals surface area contributed by atoms with Crippen molar-refractivity contribution in [1.82, 2.24) is 30.3 Å². The number of hydrogen-bond donors (Lipinski definition) is 2. The molecule has 1 fully saturated rings. The zero-order chi connectivity index (χ0) is 19.4. The first kappa shape index (κ1) is 23.6. The number of halogens is 1. The number of nitrogens with zero attached hydrogens (tertiary/aromatic N) is 5. The maximum Gasteiger partial charge on any atom is 0.191 e. The van der Waals surface area contributed by atoms with Crippen LogP contribution in [-0.4, -0.2) is 51.8 Å². The van der Waals surface area contributed by atoms with E-state index in [9.17, 15) is 0 Å². The molecule has 8 heteroatoms. The number of benzene rings is 1. The molecule has 0 saturated carbocycles. The van der Waals surface area contributed by atoms with Gasteiger partial charge in [-0.05, 0) is 56.8 Å². The van der Waals surface area contributed by atoms with Crippen molar-refractivity contribution in [3.63, 3.8) is 0 Å². The molecule has 1 aliphatic heterocycles. The van der Waals surface area contributed by atoms with Gasteiger partial charge in [0.2, 0.25) is 0 Å². The number of likely N-dealkylation sites (tertiary alicyclic amines) is 1. The van der Waals surface area contributed by atoms with Gasteiger partial charge in [0.05, 0.1) is 6.54 Å². The van der Waals surface area contributed by atoms with Crippen LogP contribution in [0.15, 0.2) is 41.9 Å². The number of aryl methyl sites for hydroxylation is 1. The number of aromatic nitrogens is 3. The second-order valence-corrected chi connectivity index (χ2v) is 7.33. The fourth-order valence-electron chi connectivity index (χ4n) is 3.42. The predicted molar refractivity (Wildman–Crippen MR) is 128 cm³/mol. The standard InChI is InChI=1S/C21H33N7.HI/c1-2-22-21(23-11-3-4-14-28-17-25-26-18-28)24-15-19-7-9-20(10-8-19)16-27-12-5-6-13-27;/h7-10,17-18H,2-6,11-16H2,1H3,(H2,22,23,24);1H. The van der Waals surface area contributed by atoms with Gasteiger partial charge in [-0.3, -0.25) is 4.90 Å². The fraction of sp³-hybridized carbons (Fsp3) is 0.571. The van der Waals surface area contributed by atoms with Crippen molar-refractivity contribution in [2.24, 2.45) is 4.99 Å². The van der Waals surface area contributed by atoms with Crippen LogP contribution in [0.2, 0.25) is 0 Å². The molecule has 29 heavy (non-hydrogen) atoms. The first-order chi connectivity index (χ1) is 13.8. The molecule has 1 aliphatic rings. The van der Waals surface area contributed by atoms with Gasteiger partial charge in [-0.25, -0.2) is 4.99 Å². The Hall–Kier alpha value is -1.68. The van der Waals surface area contributed by atoms with Gasteiger partial charge in [0, 0.05) is 26.2 Å². The maximum absolute atomic E-state index is 4.72. The Morgan fingerprint density at radius 1 is 1.00 bits per heavy atom. The van der Waals surface area contributed by atoms with Crippen LogP contribution in [0.25, 0.3) is 0 Å². The van der Waals surface area contributed by atoms with Gasteiger partial charge in [-0.1, -0.05) is 24.3 Å². The molecule has 0 aliphatic carbocycles. The summed E-state index contributed by atoms with van der Waals surface area (Å²) in [5.74, 6) is 0.882. The quantitative estimate of drug-likeness (QED) is 0.222. The molecule has 2 heterocycles. The van der Waals surface area contributed by atoms with Gasteiger partial charge in [0.15, 0.2) is 5.96 Å². The summed E-state index contributed by atoms with van der Waals surface area (Å²) in [6, 6.07) is 8.90. The minimum atomic E-state index is 0. The van der Waals surface area contributed by atoms with Crippen molar-refractivity contribution in [1.29, 1.82) is 0 Å². The third kappa shape index (κ3) is 8.69. The number of rotatable bonds is 10. The van der Waals surface area contributed by atoms with Crippen LogP contribution in [0.3, 0.4) is 0 Å². The molecule has 2 N–H and O–H groups in total. The van der Waals surface area contributed by atoms with Crippen molar-refractivity contribution in [2.75, 3.05) is 26.2 Å². The van der Waals surface area contributed by atoms with Crippen LogP contribution in [0, 0.1) is 0 Å². The molecule has 7 nitrogen and oxygen atoms in total. The van der Waals surface area contributed by atoms with E-state index in [1.165, 1.54) is 37.1 Å². The summed E-state index contributed by atoms with van der Waals surface area (Å²) in [6.07, 6.45) is 8.36. The lowest BCUT2D eigenvalue weighted by molar-refractivity contribution is 0.331. The maximum atomic E-state index is 4.72. The highest BCUT2D eigenvalue weighted by Gasteiger charge is 2.11. The highest BCUT2D eigenvalue weighted by atomic mass is 127. The summed E-state index contributed by atoms with van der Waals surface area (Å²) in [5, 5.41) is 14.4. The lowest BCUT2D eigenvalue weighted by atomic mass is 10.1. The smallest absolute Gasteiger partial charge is 0.191 e. The topological polar surface area (TPSA) is 70.4 Å². The van der Waals surface area contributed by atoms with Crippen LogP contribution < -0.4 is 10.6 Å². The summed E-state index contributed by atoms with van der Waals surface area (Å²) < 4.78 is 2.01. The third-order valence-electron chi connectivity index (χ3n) is 4.99. The molecule has 160 valence electrons. The largest absolute Gasteiger partial charge is 0.357 e. The van der Waals surface area contributed by atoms with E-state index < -0.39 is 0 Å². The molecular weight excluding hydrogens is 477 g/mol. The van der Waals surface area contributed by atoms with E-state index in [0.717, 1.165) is 45.0 Å². The number of guanidine groups is 1. The molecule has 0 unspecified atom stereocenters. The van der Waals surface area contributed by atoms with E-state index in [2.05, 4.69) is 56.9 Å². The second-order valence-electron chi connectivity index (χ2n) is 7.33. The predicted octanol–water partition coefficient (Wildman–Crippen LogP) is 3.03. The molecular formula is C21H34IN7. The average Bonchev–Trinajstić information content (AvgIpc) is 3.41. The summed E-state index contributed by atoms with van der Waals surface area (Å²) >= 11 is 0. The van der Waals surface area contributed by atoms with Gasteiger partial charge < -0.3 is 15.2 Å². The minimum absolute atomic E-state index is 0. The number of nitrogens with one attached hydrogen (secondary N) is 2. The van der Waals surface area contributed by atoms with Gasteiger partial charge in [-0.15, -0.1) is 34.2 Å². The van der Waals surface area contributed by atoms with Gasteiger partial charge in [0.1, 0.15) is 12.7 Å². The Balaban J connectivity index is 0.00000300. The van der Waals surface area contributed by atoms with Crippen molar-refractivity contribution in [2.45, 2.75) is 52.2 Å². The molecule has 2 aromatic rings. The summed E-state index contributed by atoms with van der Waals surface area (Å²) in [7, 11) is 0. The van der Waals surface area contributed by atoms with Gasteiger partial charge in [-0.2, -0.15) is 0 Å². The monoisotopic (exact) mass is 511 g/mol. The lowest BCUT2D eigenvalue weighted by Crippen LogP contribution is -2.37. The zero-order valence-electron chi connectivity index (χ0n) is 17.4. The summed E-state index contributed by atoms with van der Waals surface area (Å²) in [6.45, 7) is 9.06. The number of hydrogen-bond acceptors (Lipinski definition) is 4. The molecule has 0 atom stereocenters. The second kappa shape index (κ2) is 13.5. The minimum Gasteiger partial charge on any atom is -0.357 e. The first-order valence-electron chi connectivity index (χ1n) is 10.5. The molecule has 1 aromatic heterocycles. The normalized spacial score (nSPS) is 14.6. The highest BCUT2D eigenvalue weighted by Crippen LogP contribution is 2.13. The molecule has 0 amide bonds. The van der Waals surface area contributed by atoms with E-state index in [1.807, 2.05) is 4.57 Å². The third-order valence-corrected chi connectivity index (χ3v) is 4.99. The Kier molecular flexibility index (Phi) is 11.0. The molecule has 0 spiro atoms. The van der Waals surface area contributed by atoms with Crippen LogP contribution >= 0.6 is 24.0 Å². The number of aliphatic imine (C=N–C) groups is 1. The number of unbranched alkanes of at least 4 members (excludes halogenated alkanes) is 1. The van der Waals surface area contributed by atoms with E-state index in [0.29, 0.717) is 6.54 Å². The van der Waals surface area contributed by atoms with E-state index in [-0.39, 0.29) is 24.0 Å². The van der Waals surface area contributed by atoms with Gasteiger partial charge in [0.25, 0.3) is 0 Å². The van der Waals surface area contributed by atoms with Crippen molar-refractivity contribution >= 4 is 29.9 Å². The molecule has 3 rings (SSSR count). The molecule has 0 bridgehead atoms. The van der Waals surface area contributed by atoms with Crippen molar-refractivity contribution in [3.8, 4) is 0 Å². The first-order valence-corrected chi connectivity index (χ1v) is 10.5. The van der Waals surface area contributed by atoms with Crippen LogP contribution in [0.1, 0.15) is 43.7 Å². The lowest BCUT2D eigenvalue weighted by Gasteiger charge is -2.14. The Labute approximate surface area is 191 Å². The van der Waals surface area contributed by atoms with Crippen molar-refractivity contribution in [3.05, 3.63) is 48.0 Å². The van der Waals surface area contributed by atoms with Crippen LogP contribution in [0.5, 0.6) is 0 Å². The zero-order valence-corrected chi connectivity index (χ0v) is 19.7. The van der Waals surface area contributed by atoms with Crippen molar-refractivity contribution < 1.29 is 0 Å². The Morgan fingerprint density at radius 2 is 1.69 bits per heavy atom. The highest BCUT2D eigenvalue weighted by molar-refractivity contribution is 14.0. The van der Waals surface area contributed by atoms with Crippen LogP contribution in [-0.2, 0) is 19.6 Å². The average molecular weight is 511 g/mol. The van der Waals surface area contributed by atoms with Crippen LogP contribution in [0.4, 0.5) is 0 Å². The van der Waals surface area contributed by atoms with Gasteiger partial charge >= 0.3 is 0 Å². The Bertz CT molecular complexity index is 694. The Morgan fingerprint density at radius 3 is 2.38 bits per heavy atom. The summed E-state index contributed by atoms with van der Waals surface area (Å²) in [4.78, 5) is 7.25. The SMILES string of the molecule is CCNC(=NCc1ccc(CN2CCCC2)cc1)NCCCCn1cnnc1.I. The van der Waals surface area contributed by atoms with E-state index >= 15 is 0 Å². The molecule has 0 radical (unpaired) electrons. The summed E-state index contributed by atoms with van der Waals surface area (Å²) in [5.41, 5.74) is 2.64.